The molecule has 2 nitrogen and oxygen atoms in total. The molecule has 22 heavy (non-hydrogen) atoms. The molecular formula is C18H18F2O2. The lowest BCUT2D eigenvalue weighted by atomic mass is 10.1. The Morgan fingerprint density at radius 1 is 0.955 bits per heavy atom. The molecule has 0 aliphatic rings. The monoisotopic (exact) mass is 304 g/mol. The largest absolute Gasteiger partial charge is 0.491 e. The Morgan fingerprint density at radius 3 is 2.00 bits per heavy atom. The van der Waals surface area contributed by atoms with E-state index in [-0.39, 0.29) is 17.4 Å². The van der Waals surface area contributed by atoms with E-state index in [0.717, 1.165) is 5.56 Å². The number of halogens is 2. The average molecular weight is 304 g/mol. The van der Waals surface area contributed by atoms with Gasteiger partial charge in [0.2, 0.25) is 0 Å². The molecule has 0 radical (unpaired) electrons. The highest BCUT2D eigenvalue weighted by Crippen LogP contribution is 2.32. The molecule has 0 aliphatic heterocycles. The van der Waals surface area contributed by atoms with Gasteiger partial charge >= 0.3 is 6.11 Å². The summed E-state index contributed by atoms with van der Waals surface area (Å²) in [7, 11) is 0. The number of hydrogen-bond acceptors (Lipinski definition) is 2. The highest BCUT2D eigenvalue weighted by Gasteiger charge is 2.34. The van der Waals surface area contributed by atoms with Gasteiger partial charge in [-0.2, -0.15) is 8.78 Å². The molecule has 0 bridgehead atoms. The number of alkyl halides is 2. The fourth-order valence-electron chi connectivity index (χ4n) is 1.88. The van der Waals surface area contributed by atoms with Crippen LogP contribution in [0, 0.1) is 0 Å². The van der Waals surface area contributed by atoms with Crippen molar-refractivity contribution in [2.24, 2.45) is 0 Å². The summed E-state index contributed by atoms with van der Waals surface area (Å²) in [4.78, 5) is 0. The van der Waals surface area contributed by atoms with E-state index in [1.165, 1.54) is 24.3 Å². The van der Waals surface area contributed by atoms with Gasteiger partial charge in [-0.3, -0.25) is 0 Å². The van der Waals surface area contributed by atoms with E-state index in [1.54, 1.807) is 30.3 Å². The zero-order chi connectivity index (χ0) is 16.2. The second-order valence-corrected chi connectivity index (χ2v) is 5.08. The minimum absolute atomic E-state index is 0.0246. The van der Waals surface area contributed by atoms with Crippen molar-refractivity contribution in [3.8, 4) is 11.5 Å². The van der Waals surface area contributed by atoms with Gasteiger partial charge in [0, 0.05) is 0 Å². The van der Waals surface area contributed by atoms with Gasteiger partial charge in [-0.25, -0.2) is 0 Å². The molecule has 4 heteroatoms. The normalized spacial score (nSPS) is 11.3. The molecule has 0 saturated heterocycles. The van der Waals surface area contributed by atoms with Crippen molar-refractivity contribution in [3.63, 3.8) is 0 Å². The number of rotatable bonds is 6. The van der Waals surface area contributed by atoms with Crippen LogP contribution in [0.15, 0.2) is 55.1 Å². The van der Waals surface area contributed by atoms with Crippen LogP contribution >= 0.6 is 0 Å². The van der Waals surface area contributed by atoms with Gasteiger partial charge in [0.1, 0.15) is 11.5 Å². The van der Waals surface area contributed by atoms with Gasteiger partial charge in [0.15, 0.2) is 0 Å². The average Bonchev–Trinajstić information content (AvgIpc) is 2.48. The molecule has 116 valence electrons. The molecule has 0 fully saturated rings. The molecule has 0 spiro atoms. The van der Waals surface area contributed by atoms with Gasteiger partial charge < -0.3 is 9.47 Å². The van der Waals surface area contributed by atoms with Crippen molar-refractivity contribution in [2.45, 2.75) is 26.1 Å². The van der Waals surface area contributed by atoms with E-state index in [1.807, 2.05) is 13.8 Å². The Morgan fingerprint density at radius 2 is 1.50 bits per heavy atom. The Labute approximate surface area is 129 Å². The lowest BCUT2D eigenvalue weighted by Crippen LogP contribution is -2.21. The predicted octanol–water partition coefficient (Wildman–Crippen LogP) is 5.25. The summed E-state index contributed by atoms with van der Waals surface area (Å²) in [6.07, 6.45) is -1.78. The van der Waals surface area contributed by atoms with Crippen LogP contribution in [0.5, 0.6) is 11.5 Å². The third kappa shape index (κ3) is 4.07. The third-order valence-corrected chi connectivity index (χ3v) is 2.92. The first-order chi connectivity index (χ1) is 10.4. The summed E-state index contributed by atoms with van der Waals surface area (Å²) >= 11 is 0. The van der Waals surface area contributed by atoms with Crippen LogP contribution in [0.1, 0.15) is 25.0 Å². The molecular weight excluding hydrogens is 286 g/mol. The van der Waals surface area contributed by atoms with E-state index < -0.39 is 6.11 Å². The van der Waals surface area contributed by atoms with Crippen molar-refractivity contribution in [1.82, 2.24) is 0 Å². The molecule has 0 aliphatic carbocycles. The second-order valence-electron chi connectivity index (χ2n) is 5.08. The van der Waals surface area contributed by atoms with Gasteiger partial charge in [-0.15, -0.1) is 0 Å². The maximum Gasteiger partial charge on any atom is 0.426 e. The second kappa shape index (κ2) is 6.60. The standard InChI is InChI=1S/C18H18F2O2/c1-4-14-5-7-15(8-6-14)18(19,20)22-17-11-9-16(10-12-17)21-13(2)3/h4-13H,1H2,2-3H3. The summed E-state index contributed by atoms with van der Waals surface area (Å²) in [6.45, 7) is 7.38. The predicted molar refractivity (Wildman–Crippen MR) is 83.3 cm³/mol. The zero-order valence-corrected chi connectivity index (χ0v) is 12.6. The topological polar surface area (TPSA) is 18.5 Å². The first kappa shape index (κ1) is 16.0. The molecule has 0 amide bonds. The van der Waals surface area contributed by atoms with E-state index >= 15 is 0 Å². The van der Waals surface area contributed by atoms with Crippen LogP contribution in [0.25, 0.3) is 6.08 Å². The maximum absolute atomic E-state index is 14.1. The SMILES string of the molecule is C=Cc1ccc(C(F)(F)Oc2ccc(OC(C)C)cc2)cc1. The summed E-state index contributed by atoms with van der Waals surface area (Å²) < 4.78 is 38.5. The molecule has 0 atom stereocenters. The Kier molecular flexibility index (Phi) is 4.81. The first-order valence-corrected chi connectivity index (χ1v) is 6.97. The summed E-state index contributed by atoms with van der Waals surface area (Å²) in [5, 5.41) is 0. The highest BCUT2D eigenvalue weighted by atomic mass is 19.3. The summed E-state index contributed by atoms with van der Waals surface area (Å²) in [5.74, 6) is 0.690. The van der Waals surface area contributed by atoms with Crippen molar-refractivity contribution >= 4 is 6.08 Å². The van der Waals surface area contributed by atoms with E-state index in [9.17, 15) is 8.78 Å². The molecule has 2 aromatic rings. The lowest BCUT2D eigenvalue weighted by molar-refractivity contribution is -0.185. The van der Waals surface area contributed by atoms with Gasteiger partial charge in [0.25, 0.3) is 0 Å². The van der Waals surface area contributed by atoms with E-state index in [4.69, 9.17) is 9.47 Å². The van der Waals surface area contributed by atoms with Crippen LogP contribution in [0.2, 0.25) is 0 Å². The van der Waals surface area contributed by atoms with Gasteiger partial charge in [0.05, 0.1) is 11.7 Å². The van der Waals surface area contributed by atoms with Crippen LogP contribution in [0.4, 0.5) is 8.78 Å². The molecule has 0 heterocycles. The minimum Gasteiger partial charge on any atom is -0.491 e. The Hall–Kier alpha value is -2.36. The first-order valence-electron chi connectivity index (χ1n) is 6.97. The van der Waals surface area contributed by atoms with Gasteiger partial charge in [-0.1, -0.05) is 24.8 Å². The fraction of sp³-hybridized carbons (Fsp3) is 0.222. The van der Waals surface area contributed by atoms with E-state index in [2.05, 4.69) is 6.58 Å². The number of hydrogen-bond donors (Lipinski definition) is 0. The van der Waals surface area contributed by atoms with Crippen molar-refractivity contribution in [1.29, 1.82) is 0 Å². The van der Waals surface area contributed by atoms with Crippen LogP contribution in [0.3, 0.4) is 0 Å². The molecule has 0 unspecified atom stereocenters. The van der Waals surface area contributed by atoms with Crippen LogP contribution < -0.4 is 9.47 Å². The van der Waals surface area contributed by atoms with Crippen molar-refractivity contribution in [2.75, 3.05) is 0 Å². The fourth-order valence-corrected chi connectivity index (χ4v) is 1.88. The van der Waals surface area contributed by atoms with Crippen molar-refractivity contribution < 1.29 is 18.3 Å². The maximum atomic E-state index is 14.1. The summed E-state index contributed by atoms with van der Waals surface area (Å²) in [6, 6.07) is 11.9. The molecule has 0 saturated carbocycles. The van der Waals surface area contributed by atoms with E-state index in [0.29, 0.717) is 5.75 Å². The quantitative estimate of drug-likeness (QED) is 0.726. The summed E-state index contributed by atoms with van der Waals surface area (Å²) in [5.41, 5.74) is 0.565. The molecule has 2 aromatic carbocycles. The molecule has 0 aromatic heterocycles. The van der Waals surface area contributed by atoms with Gasteiger partial charge in [-0.05, 0) is 55.8 Å². The Balaban J connectivity index is 2.11. The smallest absolute Gasteiger partial charge is 0.426 e. The molecule has 0 N–H and O–H groups in total. The zero-order valence-electron chi connectivity index (χ0n) is 12.6. The Bertz CT molecular complexity index is 617. The molecule has 2 rings (SSSR count). The van der Waals surface area contributed by atoms with Crippen LogP contribution in [-0.2, 0) is 6.11 Å². The third-order valence-electron chi connectivity index (χ3n) is 2.92. The van der Waals surface area contributed by atoms with Crippen LogP contribution in [-0.4, -0.2) is 6.10 Å². The lowest BCUT2D eigenvalue weighted by Gasteiger charge is -2.19. The highest BCUT2D eigenvalue weighted by molar-refractivity contribution is 5.47. The van der Waals surface area contributed by atoms with Crippen molar-refractivity contribution in [3.05, 3.63) is 66.2 Å². The number of ether oxygens (including phenoxy) is 2. The minimum atomic E-state index is -3.40. The number of benzene rings is 2.